The summed E-state index contributed by atoms with van der Waals surface area (Å²) in [6, 6.07) is 4.25. The van der Waals surface area contributed by atoms with Crippen molar-refractivity contribution in [1.29, 1.82) is 0 Å². The Labute approximate surface area is 124 Å². The van der Waals surface area contributed by atoms with Gasteiger partial charge in [-0.05, 0) is 44.0 Å². The van der Waals surface area contributed by atoms with Gasteiger partial charge >= 0.3 is 0 Å². The van der Waals surface area contributed by atoms with Crippen molar-refractivity contribution in [1.82, 2.24) is 4.90 Å². The number of halogens is 1. The molecule has 0 bridgehead atoms. The lowest BCUT2D eigenvalue weighted by atomic mass is 10.2. The van der Waals surface area contributed by atoms with Gasteiger partial charge in [-0.3, -0.25) is 9.10 Å². The van der Waals surface area contributed by atoms with E-state index in [1.807, 2.05) is 0 Å². The van der Waals surface area contributed by atoms with E-state index in [9.17, 15) is 17.6 Å². The maximum atomic E-state index is 13.0. The van der Waals surface area contributed by atoms with Crippen LogP contribution in [0.2, 0.25) is 0 Å². The normalized spacial score (nSPS) is 16.8. The standard InChI is InChI=1S/C14H19FN2O3S/c1-11(14(18)16-9-3-4-10-16)17(21(2,19)20)13-7-5-12(15)6-8-13/h5-8,11H,3-4,9-10H2,1-2H3/t11-/m1/s1. The number of carbonyl (C=O) groups is 1. The monoisotopic (exact) mass is 314 g/mol. The van der Waals surface area contributed by atoms with Crippen molar-refractivity contribution in [3.63, 3.8) is 0 Å². The molecule has 1 atom stereocenters. The molecule has 0 spiro atoms. The first-order chi connectivity index (χ1) is 9.80. The van der Waals surface area contributed by atoms with E-state index in [2.05, 4.69) is 0 Å². The molecule has 1 saturated heterocycles. The smallest absolute Gasteiger partial charge is 0.246 e. The number of hydrogen-bond acceptors (Lipinski definition) is 3. The third kappa shape index (κ3) is 3.53. The second kappa shape index (κ2) is 6.01. The number of rotatable bonds is 4. The number of amides is 1. The fourth-order valence-corrected chi connectivity index (χ4v) is 3.76. The van der Waals surface area contributed by atoms with Crippen LogP contribution >= 0.6 is 0 Å². The number of carbonyl (C=O) groups excluding carboxylic acids is 1. The van der Waals surface area contributed by atoms with Crippen LogP contribution in [0.15, 0.2) is 24.3 Å². The Bertz CT molecular complexity index is 610. The third-order valence-electron chi connectivity index (χ3n) is 3.57. The van der Waals surface area contributed by atoms with Gasteiger partial charge in [-0.1, -0.05) is 0 Å². The van der Waals surface area contributed by atoms with Crippen molar-refractivity contribution in [2.45, 2.75) is 25.8 Å². The summed E-state index contributed by atoms with van der Waals surface area (Å²) >= 11 is 0. The summed E-state index contributed by atoms with van der Waals surface area (Å²) in [7, 11) is -3.64. The molecule has 21 heavy (non-hydrogen) atoms. The number of hydrogen-bond donors (Lipinski definition) is 0. The van der Waals surface area contributed by atoms with Crippen LogP contribution in [-0.2, 0) is 14.8 Å². The van der Waals surface area contributed by atoms with E-state index in [0.717, 1.165) is 23.4 Å². The molecular weight excluding hydrogens is 295 g/mol. The Balaban J connectivity index is 2.32. The van der Waals surface area contributed by atoms with Gasteiger partial charge in [-0.15, -0.1) is 0 Å². The molecule has 0 aliphatic carbocycles. The molecular formula is C14H19FN2O3S. The van der Waals surface area contributed by atoms with Crippen LogP contribution in [-0.4, -0.2) is 44.6 Å². The van der Waals surface area contributed by atoms with Gasteiger partial charge in [-0.25, -0.2) is 12.8 Å². The van der Waals surface area contributed by atoms with E-state index in [0.29, 0.717) is 18.8 Å². The average Bonchev–Trinajstić information content (AvgIpc) is 2.92. The first kappa shape index (κ1) is 15.8. The molecule has 0 unspecified atom stereocenters. The molecule has 7 heteroatoms. The summed E-state index contributed by atoms with van der Waals surface area (Å²) in [6.45, 7) is 2.87. The fourth-order valence-electron chi connectivity index (χ4n) is 2.59. The molecule has 5 nitrogen and oxygen atoms in total. The Morgan fingerprint density at radius 2 is 1.76 bits per heavy atom. The minimum absolute atomic E-state index is 0.220. The highest BCUT2D eigenvalue weighted by Gasteiger charge is 2.32. The minimum atomic E-state index is -3.64. The van der Waals surface area contributed by atoms with Crippen LogP contribution in [0, 0.1) is 5.82 Å². The minimum Gasteiger partial charge on any atom is -0.341 e. The highest BCUT2D eigenvalue weighted by atomic mass is 32.2. The van der Waals surface area contributed by atoms with Crippen LogP contribution in [0.5, 0.6) is 0 Å². The summed E-state index contributed by atoms with van der Waals surface area (Å²) < 4.78 is 38.1. The lowest BCUT2D eigenvalue weighted by Crippen LogP contribution is -2.48. The number of benzene rings is 1. The van der Waals surface area contributed by atoms with Crippen molar-refractivity contribution in [3.8, 4) is 0 Å². The van der Waals surface area contributed by atoms with Crippen molar-refractivity contribution < 1.29 is 17.6 Å². The SMILES string of the molecule is C[C@H](C(=O)N1CCCC1)N(c1ccc(F)cc1)S(C)(=O)=O. The topological polar surface area (TPSA) is 57.7 Å². The molecule has 1 aromatic rings. The zero-order valence-corrected chi connectivity index (χ0v) is 12.9. The molecule has 116 valence electrons. The number of likely N-dealkylation sites (tertiary alicyclic amines) is 1. The van der Waals surface area contributed by atoms with E-state index in [1.165, 1.54) is 24.3 Å². The van der Waals surface area contributed by atoms with Gasteiger partial charge in [0.15, 0.2) is 0 Å². The number of anilines is 1. The molecule has 1 aromatic carbocycles. The zero-order chi connectivity index (χ0) is 15.6. The largest absolute Gasteiger partial charge is 0.341 e. The van der Waals surface area contributed by atoms with Crippen LogP contribution in [0.3, 0.4) is 0 Å². The molecule has 1 heterocycles. The fraction of sp³-hybridized carbons (Fsp3) is 0.500. The summed E-state index contributed by atoms with van der Waals surface area (Å²) in [4.78, 5) is 14.1. The number of nitrogens with zero attached hydrogens (tertiary/aromatic N) is 2. The van der Waals surface area contributed by atoms with Crippen molar-refractivity contribution in [2.75, 3.05) is 23.7 Å². The third-order valence-corrected chi connectivity index (χ3v) is 4.81. The van der Waals surface area contributed by atoms with Crippen LogP contribution < -0.4 is 4.31 Å². The van der Waals surface area contributed by atoms with Gasteiger partial charge in [0.05, 0.1) is 11.9 Å². The Kier molecular flexibility index (Phi) is 4.51. The highest BCUT2D eigenvalue weighted by molar-refractivity contribution is 7.92. The lowest BCUT2D eigenvalue weighted by Gasteiger charge is -2.30. The Morgan fingerprint density at radius 3 is 2.24 bits per heavy atom. The van der Waals surface area contributed by atoms with Crippen LogP contribution in [0.1, 0.15) is 19.8 Å². The van der Waals surface area contributed by atoms with Gasteiger partial charge < -0.3 is 4.90 Å². The predicted molar refractivity (Wildman–Crippen MR) is 79.0 cm³/mol. The molecule has 0 aromatic heterocycles. The molecule has 0 N–H and O–H groups in total. The van der Waals surface area contributed by atoms with Crippen molar-refractivity contribution in [2.24, 2.45) is 0 Å². The van der Waals surface area contributed by atoms with Gasteiger partial charge in [0.1, 0.15) is 11.9 Å². The van der Waals surface area contributed by atoms with Crippen molar-refractivity contribution >= 4 is 21.6 Å². The second-order valence-corrected chi connectivity index (χ2v) is 7.10. The maximum absolute atomic E-state index is 13.0. The lowest BCUT2D eigenvalue weighted by molar-refractivity contribution is -0.130. The van der Waals surface area contributed by atoms with E-state index in [4.69, 9.17) is 0 Å². The van der Waals surface area contributed by atoms with E-state index < -0.39 is 21.9 Å². The Hall–Kier alpha value is -1.63. The predicted octanol–water partition coefficient (Wildman–Crippen LogP) is 1.60. The zero-order valence-electron chi connectivity index (χ0n) is 12.1. The number of sulfonamides is 1. The Morgan fingerprint density at radius 1 is 1.24 bits per heavy atom. The van der Waals surface area contributed by atoms with E-state index in [1.54, 1.807) is 11.8 Å². The summed E-state index contributed by atoms with van der Waals surface area (Å²) in [5.74, 6) is -0.673. The summed E-state index contributed by atoms with van der Waals surface area (Å²) in [5.41, 5.74) is 0.291. The summed E-state index contributed by atoms with van der Waals surface area (Å²) in [5, 5.41) is 0. The molecule has 1 fully saturated rings. The van der Waals surface area contributed by atoms with Gasteiger partial charge in [0, 0.05) is 13.1 Å². The molecule has 2 rings (SSSR count). The van der Waals surface area contributed by atoms with Crippen molar-refractivity contribution in [3.05, 3.63) is 30.1 Å². The molecule has 1 amide bonds. The van der Waals surface area contributed by atoms with Gasteiger partial charge in [0.2, 0.25) is 15.9 Å². The highest BCUT2D eigenvalue weighted by Crippen LogP contribution is 2.23. The average molecular weight is 314 g/mol. The molecule has 0 saturated carbocycles. The second-order valence-electron chi connectivity index (χ2n) is 5.24. The summed E-state index contributed by atoms with van der Waals surface area (Å²) in [6.07, 6.45) is 2.92. The van der Waals surface area contributed by atoms with Gasteiger partial charge in [0.25, 0.3) is 0 Å². The molecule has 1 aliphatic rings. The van der Waals surface area contributed by atoms with E-state index in [-0.39, 0.29) is 5.91 Å². The first-order valence-corrected chi connectivity index (χ1v) is 8.69. The van der Waals surface area contributed by atoms with E-state index >= 15 is 0 Å². The molecule has 0 radical (unpaired) electrons. The van der Waals surface area contributed by atoms with Crippen LogP contribution in [0.4, 0.5) is 10.1 Å². The molecule has 1 aliphatic heterocycles. The first-order valence-electron chi connectivity index (χ1n) is 6.84. The maximum Gasteiger partial charge on any atom is 0.246 e. The quantitative estimate of drug-likeness (QED) is 0.848. The van der Waals surface area contributed by atoms with Crippen LogP contribution in [0.25, 0.3) is 0 Å². The van der Waals surface area contributed by atoms with Gasteiger partial charge in [-0.2, -0.15) is 0 Å².